The van der Waals surface area contributed by atoms with Gasteiger partial charge in [-0.25, -0.2) is 0 Å². The summed E-state index contributed by atoms with van der Waals surface area (Å²) in [7, 11) is 0. The summed E-state index contributed by atoms with van der Waals surface area (Å²) in [6.07, 6.45) is 3.95. The van der Waals surface area contributed by atoms with Crippen molar-refractivity contribution in [2.24, 2.45) is 5.84 Å². The number of carbonyl (C=O) groups excluding carboxylic acids is 1. The second-order valence-corrected chi connectivity index (χ2v) is 3.18. The Morgan fingerprint density at radius 3 is 2.69 bits per heavy atom. The number of ether oxygens (including phenoxy) is 1. The molecule has 0 saturated carbocycles. The van der Waals surface area contributed by atoms with Crippen LogP contribution in [0.4, 0.5) is 5.69 Å². The molecule has 1 aromatic rings. The lowest BCUT2D eigenvalue weighted by atomic mass is 10.2. The van der Waals surface area contributed by atoms with Gasteiger partial charge in [0.1, 0.15) is 0 Å². The van der Waals surface area contributed by atoms with E-state index in [0.717, 1.165) is 11.3 Å². The molecule has 1 aromatic carbocycles. The first-order valence-electron chi connectivity index (χ1n) is 5.15. The SMILES string of the molecule is CCOC(=O)CC=Cc1ccc(NN)cc1. The second kappa shape index (κ2) is 6.63. The van der Waals surface area contributed by atoms with Gasteiger partial charge in [-0.2, -0.15) is 0 Å². The van der Waals surface area contributed by atoms with Crippen LogP contribution in [-0.4, -0.2) is 12.6 Å². The van der Waals surface area contributed by atoms with Gasteiger partial charge in [-0.1, -0.05) is 24.3 Å². The predicted octanol–water partition coefficient (Wildman–Crippen LogP) is 1.94. The molecule has 0 aliphatic heterocycles. The monoisotopic (exact) mass is 220 g/mol. The van der Waals surface area contributed by atoms with Gasteiger partial charge in [0, 0.05) is 5.69 Å². The predicted molar refractivity (Wildman–Crippen MR) is 64.5 cm³/mol. The summed E-state index contributed by atoms with van der Waals surface area (Å²) in [5.41, 5.74) is 4.41. The lowest BCUT2D eigenvalue weighted by Crippen LogP contribution is -2.05. The minimum atomic E-state index is -0.209. The number of nitrogen functional groups attached to an aromatic ring is 1. The molecular formula is C12H16N2O2. The number of hydrogen-bond donors (Lipinski definition) is 2. The highest BCUT2D eigenvalue weighted by atomic mass is 16.5. The zero-order valence-corrected chi connectivity index (χ0v) is 9.27. The zero-order valence-electron chi connectivity index (χ0n) is 9.27. The number of carbonyl (C=O) groups is 1. The van der Waals surface area contributed by atoms with Crippen LogP contribution in [0.5, 0.6) is 0 Å². The van der Waals surface area contributed by atoms with Crippen molar-refractivity contribution in [3.8, 4) is 0 Å². The van der Waals surface area contributed by atoms with Crippen LogP contribution in [0.1, 0.15) is 18.9 Å². The van der Waals surface area contributed by atoms with Gasteiger partial charge in [0.25, 0.3) is 0 Å². The molecule has 4 nitrogen and oxygen atoms in total. The summed E-state index contributed by atoms with van der Waals surface area (Å²) < 4.78 is 4.80. The van der Waals surface area contributed by atoms with E-state index in [1.54, 1.807) is 13.0 Å². The average molecular weight is 220 g/mol. The van der Waals surface area contributed by atoms with E-state index in [9.17, 15) is 4.79 Å². The smallest absolute Gasteiger partial charge is 0.309 e. The normalized spacial score (nSPS) is 10.4. The van der Waals surface area contributed by atoms with Crippen LogP contribution < -0.4 is 11.3 Å². The van der Waals surface area contributed by atoms with Gasteiger partial charge in [0.15, 0.2) is 0 Å². The van der Waals surface area contributed by atoms with Crippen LogP contribution in [0.15, 0.2) is 30.3 Å². The standard InChI is InChI=1S/C12H16N2O2/c1-2-16-12(15)5-3-4-10-6-8-11(14-13)9-7-10/h3-4,6-9,14H,2,5,13H2,1H3. The Morgan fingerprint density at radius 1 is 1.44 bits per heavy atom. The van der Waals surface area contributed by atoms with Gasteiger partial charge in [-0.05, 0) is 24.6 Å². The Labute approximate surface area is 95.1 Å². The van der Waals surface area contributed by atoms with Crippen LogP contribution >= 0.6 is 0 Å². The lowest BCUT2D eigenvalue weighted by molar-refractivity contribution is -0.142. The molecule has 0 spiro atoms. The summed E-state index contributed by atoms with van der Waals surface area (Å²) in [4.78, 5) is 11.0. The van der Waals surface area contributed by atoms with Crippen molar-refractivity contribution in [1.82, 2.24) is 0 Å². The van der Waals surface area contributed by atoms with Gasteiger partial charge in [0.2, 0.25) is 0 Å². The number of hydrazine groups is 1. The van der Waals surface area contributed by atoms with Crippen molar-refractivity contribution in [3.63, 3.8) is 0 Å². The van der Waals surface area contributed by atoms with Crippen LogP contribution in [0.2, 0.25) is 0 Å². The number of hydrogen-bond acceptors (Lipinski definition) is 4. The second-order valence-electron chi connectivity index (χ2n) is 3.18. The lowest BCUT2D eigenvalue weighted by Gasteiger charge is -1.99. The van der Waals surface area contributed by atoms with E-state index in [1.807, 2.05) is 30.3 Å². The fourth-order valence-electron chi connectivity index (χ4n) is 1.20. The molecule has 0 amide bonds. The minimum absolute atomic E-state index is 0.209. The molecule has 3 N–H and O–H groups in total. The van der Waals surface area contributed by atoms with E-state index in [-0.39, 0.29) is 5.97 Å². The molecule has 0 fully saturated rings. The quantitative estimate of drug-likeness (QED) is 0.452. The van der Waals surface area contributed by atoms with Crippen LogP contribution in [0, 0.1) is 0 Å². The van der Waals surface area contributed by atoms with Gasteiger partial charge >= 0.3 is 5.97 Å². The molecule has 0 aliphatic rings. The van der Waals surface area contributed by atoms with Crippen LogP contribution in [-0.2, 0) is 9.53 Å². The van der Waals surface area contributed by atoms with E-state index in [4.69, 9.17) is 10.6 Å². The largest absolute Gasteiger partial charge is 0.466 e. The molecule has 0 heterocycles. The summed E-state index contributed by atoms with van der Waals surface area (Å²) in [5, 5.41) is 0. The number of esters is 1. The number of nitrogens with two attached hydrogens (primary N) is 1. The van der Waals surface area contributed by atoms with Crippen LogP contribution in [0.25, 0.3) is 6.08 Å². The maximum Gasteiger partial charge on any atom is 0.309 e. The molecule has 0 aliphatic carbocycles. The first kappa shape index (κ1) is 12.3. The van der Waals surface area contributed by atoms with Gasteiger partial charge < -0.3 is 10.2 Å². The topological polar surface area (TPSA) is 64.3 Å². The molecule has 0 radical (unpaired) electrons. The van der Waals surface area contributed by atoms with Crippen LogP contribution in [0.3, 0.4) is 0 Å². The highest BCUT2D eigenvalue weighted by molar-refractivity contribution is 5.72. The van der Waals surface area contributed by atoms with Crippen molar-refractivity contribution in [1.29, 1.82) is 0 Å². The van der Waals surface area contributed by atoms with Crippen molar-refractivity contribution in [2.45, 2.75) is 13.3 Å². The first-order chi connectivity index (χ1) is 7.76. The molecule has 0 unspecified atom stereocenters. The number of benzene rings is 1. The number of nitrogens with one attached hydrogen (secondary N) is 1. The highest BCUT2D eigenvalue weighted by Gasteiger charge is 1.96. The van der Waals surface area contributed by atoms with E-state index < -0.39 is 0 Å². The molecular weight excluding hydrogens is 204 g/mol. The average Bonchev–Trinajstić information content (AvgIpc) is 2.30. The Hall–Kier alpha value is -1.81. The minimum Gasteiger partial charge on any atom is -0.466 e. The van der Waals surface area contributed by atoms with Crippen molar-refractivity contribution in [2.75, 3.05) is 12.0 Å². The number of rotatable bonds is 5. The third kappa shape index (κ3) is 4.14. The van der Waals surface area contributed by atoms with E-state index >= 15 is 0 Å². The van der Waals surface area contributed by atoms with E-state index in [0.29, 0.717) is 13.0 Å². The summed E-state index contributed by atoms with van der Waals surface area (Å²) in [6.45, 7) is 2.21. The first-order valence-corrected chi connectivity index (χ1v) is 5.15. The molecule has 16 heavy (non-hydrogen) atoms. The molecule has 1 rings (SSSR count). The third-order valence-electron chi connectivity index (χ3n) is 1.98. The third-order valence-corrected chi connectivity index (χ3v) is 1.98. The van der Waals surface area contributed by atoms with E-state index in [1.165, 1.54) is 0 Å². The van der Waals surface area contributed by atoms with Crippen molar-refractivity contribution >= 4 is 17.7 Å². The Bertz CT molecular complexity index is 358. The summed E-state index contributed by atoms with van der Waals surface area (Å²) in [6, 6.07) is 7.56. The molecule has 0 atom stereocenters. The fraction of sp³-hybridized carbons (Fsp3) is 0.250. The van der Waals surface area contributed by atoms with Crippen molar-refractivity contribution < 1.29 is 9.53 Å². The van der Waals surface area contributed by atoms with Gasteiger partial charge in [-0.15, -0.1) is 0 Å². The highest BCUT2D eigenvalue weighted by Crippen LogP contribution is 2.09. The Balaban J connectivity index is 2.46. The van der Waals surface area contributed by atoms with Crippen molar-refractivity contribution in [3.05, 3.63) is 35.9 Å². The summed E-state index contributed by atoms with van der Waals surface area (Å²) >= 11 is 0. The fourth-order valence-corrected chi connectivity index (χ4v) is 1.20. The van der Waals surface area contributed by atoms with Gasteiger partial charge in [-0.3, -0.25) is 10.6 Å². The Kier molecular flexibility index (Phi) is 5.08. The maximum atomic E-state index is 11.0. The molecule has 0 bridgehead atoms. The zero-order chi connectivity index (χ0) is 11.8. The summed E-state index contributed by atoms with van der Waals surface area (Å²) in [5.74, 6) is 5.03. The molecule has 86 valence electrons. The van der Waals surface area contributed by atoms with E-state index in [2.05, 4.69) is 5.43 Å². The molecule has 4 heteroatoms. The molecule has 0 aromatic heterocycles. The Morgan fingerprint density at radius 2 is 2.12 bits per heavy atom. The van der Waals surface area contributed by atoms with Gasteiger partial charge in [0.05, 0.1) is 13.0 Å². The number of anilines is 1. The molecule has 0 saturated heterocycles. The maximum absolute atomic E-state index is 11.0.